The lowest BCUT2D eigenvalue weighted by atomic mass is 9.84. The number of ether oxygens (including phenoxy) is 2. The van der Waals surface area contributed by atoms with Gasteiger partial charge in [-0.15, -0.1) is 0 Å². The summed E-state index contributed by atoms with van der Waals surface area (Å²) in [5, 5.41) is 8.53. The highest BCUT2D eigenvalue weighted by Gasteiger charge is 2.45. The third kappa shape index (κ3) is 3.53. The largest absolute Gasteiger partial charge is 0.381 e. The van der Waals surface area contributed by atoms with E-state index in [-0.39, 0.29) is 5.60 Å². The first-order valence-corrected chi connectivity index (χ1v) is 9.54. The summed E-state index contributed by atoms with van der Waals surface area (Å²) >= 11 is 0. The molecule has 1 N–H and O–H groups in total. The zero-order valence-electron chi connectivity index (χ0n) is 15.1. The molecular formula is C19H31N3O2. The fraction of sp³-hybridized carbons (Fsp3) is 0.842. The van der Waals surface area contributed by atoms with Crippen LogP contribution in [0.5, 0.6) is 0 Å². The zero-order chi connectivity index (χ0) is 16.6. The van der Waals surface area contributed by atoms with Crippen molar-refractivity contribution in [3.8, 4) is 0 Å². The van der Waals surface area contributed by atoms with Gasteiger partial charge in [0, 0.05) is 50.1 Å². The van der Waals surface area contributed by atoms with Gasteiger partial charge < -0.3 is 14.8 Å². The van der Waals surface area contributed by atoms with Crippen LogP contribution in [0.2, 0.25) is 0 Å². The van der Waals surface area contributed by atoms with Crippen molar-refractivity contribution in [3.63, 3.8) is 0 Å². The number of nitrogens with zero attached hydrogens (tertiary/aromatic N) is 2. The van der Waals surface area contributed by atoms with Crippen LogP contribution in [0.1, 0.15) is 49.9 Å². The molecule has 3 aliphatic rings. The highest BCUT2D eigenvalue weighted by molar-refractivity contribution is 5.08. The zero-order valence-corrected chi connectivity index (χ0v) is 15.1. The van der Waals surface area contributed by atoms with Crippen LogP contribution in [0.3, 0.4) is 0 Å². The molecule has 1 aromatic rings. The maximum Gasteiger partial charge on any atom is 0.0741 e. The van der Waals surface area contributed by atoms with Gasteiger partial charge in [0.1, 0.15) is 0 Å². The minimum Gasteiger partial charge on any atom is -0.381 e. The number of rotatable bonds is 5. The van der Waals surface area contributed by atoms with E-state index >= 15 is 0 Å². The fourth-order valence-electron chi connectivity index (χ4n) is 4.37. The molecule has 4 rings (SSSR count). The maximum absolute atomic E-state index is 6.16. The van der Waals surface area contributed by atoms with Gasteiger partial charge in [0.2, 0.25) is 0 Å². The van der Waals surface area contributed by atoms with Crippen molar-refractivity contribution < 1.29 is 9.47 Å². The van der Waals surface area contributed by atoms with Crippen LogP contribution >= 0.6 is 0 Å². The highest BCUT2D eigenvalue weighted by atomic mass is 16.5. The average molecular weight is 333 g/mol. The van der Waals surface area contributed by atoms with Crippen LogP contribution < -0.4 is 5.32 Å². The molecule has 2 saturated heterocycles. The molecule has 0 radical (unpaired) electrons. The Labute approximate surface area is 145 Å². The van der Waals surface area contributed by atoms with E-state index in [0.29, 0.717) is 11.5 Å². The predicted octanol–water partition coefficient (Wildman–Crippen LogP) is 2.60. The predicted molar refractivity (Wildman–Crippen MR) is 93.1 cm³/mol. The smallest absolute Gasteiger partial charge is 0.0741 e. The second kappa shape index (κ2) is 6.43. The second-order valence-corrected chi connectivity index (χ2v) is 8.30. The number of hydrogen-bond donors (Lipinski definition) is 1. The van der Waals surface area contributed by atoms with E-state index in [1.54, 1.807) is 0 Å². The van der Waals surface area contributed by atoms with E-state index in [4.69, 9.17) is 9.47 Å². The van der Waals surface area contributed by atoms with Gasteiger partial charge in [-0.2, -0.15) is 5.10 Å². The first-order valence-electron chi connectivity index (χ1n) is 9.54. The Bertz CT molecular complexity index is 568. The molecule has 1 aromatic heterocycles. The molecule has 3 heterocycles. The van der Waals surface area contributed by atoms with Crippen molar-refractivity contribution in [2.24, 2.45) is 5.41 Å². The molecule has 134 valence electrons. The van der Waals surface area contributed by atoms with Gasteiger partial charge in [-0.1, -0.05) is 0 Å². The summed E-state index contributed by atoms with van der Waals surface area (Å²) < 4.78 is 13.9. The molecule has 1 saturated carbocycles. The minimum atomic E-state index is 0.0839. The molecule has 5 heteroatoms. The summed E-state index contributed by atoms with van der Waals surface area (Å²) in [6, 6.07) is 2.77. The van der Waals surface area contributed by atoms with Crippen LogP contribution in [0.15, 0.2) is 6.07 Å². The standard InChI is InChI=1S/C19H31N3O2/c1-15-11-16(2)22(21-15)14-18(4-5-18)13-20-17-3-8-24-19(12-17)6-9-23-10-7-19/h11,17,20H,3-10,12-14H2,1-2H3/t17-/m1/s1. The van der Waals surface area contributed by atoms with E-state index in [1.807, 2.05) is 0 Å². The highest BCUT2D eigenvalue weighted by Crippen LogP contribution is 2.47. The Morgan fingerprint density at radius 2 is 2.00 bits per heavy atom. The number of aryl methyl sites for hydroxylation is 2. The van der Waals surface area contributed by atoms with Gasteiger partial charge in [0.25, 0.3) is 0 Å². The average Bonchev–Trinajstić information content (AvgIpc) is 3.26. The molecule has 1 aliphatic carbocycles. The SMILES string of the molecule is Cc1cc(C)n(CC2(CN[C@@H]3CCOC4(CCOCC4)C3)CC2)n1. The fourth-order valence-corrected chi connectivity index (χ4v) is 4.37. The lowest BCUT2D eigenvalue weighted by Crippen LogP contribution is -2.50. The van der Waals surface area contributed by atoms with Gasteiger partial charge in [-0.3, -0.25) is 4.68 Å². The maximum atomic E-state index is 6.16. The number of aromatic nitrogens is 2. The summed E-state index contributed by atoms with van der Waals surface area (Å²) in [5.41, 5.74) is 2.92. The molecule has 5 nitrogen and oxygen atoms in total. The van der Waals surface area contributed by atoms with Gasteiger partial charge in [0.15, 0.2) is 0 Å². The Balaban J connectivity index is 1.32. The van der Waals surface area contributed by atoms with Gasteiger partial charge in [0.05, 0.1) is 11.3 Å². The Kier molecular flexibility index (Phi) is 4.43. The van der Waals surface area contributed by atoms with Crippen LogP contribution in [0.25, 0.3) is 0 Å². The van der Waals surface area contributed by atoms with E-state index in [9.17, 15) is 0 Å². The van der Waals surface area contributed by atoms with Crippen molar-refractivity contribution in [1.82, 2.24) is 15.1 Å². The van der Waals surface area contributed by atoms with Gasteiger partial charge in [-0.05, 0) is 58.4 Å². The van der Waals surface area contributed by atoms with Crippen LogP contribution in [-0.2, 0) is 16.0 Å². The lowest BCUT2D eigenvalue weighted by Gasteiger charge is -2.43. The quantitative estimate of drug-likeness (QED) is 0.900. The molecule has 1 spiro atoms. The summed E-state index contributed by atoms with van der Waals surface area (Å²) in [6.07, 6.45) is 7.04. The van der Waals surface area contributed by atoms with E-state index in [0.717, 1.165) is 64.3 Å². The molecule has 0 amide bonds. The Morgan fingerprint density at radius 1 is 1.21 bits per heavy atom. The molecular weight excluding hydrogens is 302 g/mol. The van der Waals surface area contributed by atoms with Gasteiger partial charge in [-0.25, -0.2) is 0 Å². The second-order valence-electron chi connectivity index (χ2n) is 8.30. The van der Waals surface area contributed by atoms with Crippen molar-refractivity contribution in [1.29, 1.82) is 0 Å². The molecule has 0 aromatic carbocycles. The Morgan fingerprint density at radius 3 is 2.67 bits per heavy atom. The summed E-state index contributed by atoms with van der Waals surface area (Å²) in [4.78, 5) is 0. The van der Waals surface area contributed by atoms with Crippen molar-refractivity contribution in [2.45, 2.75) is 70.6 Å². The summed E-state index contributed by atoms with van der Waals surface area (Å²) in [5.74, 6) is 0. The van der Waals surface area contributed by atoms with Crippen LogP contribution in [-0.4, -0.2) is 47.8 Å². The number of hydrogen-bond acceptors (Lipinski definition) is 4. The first-order chi connectivity index (χ1) is 11.6. The molecule has 2 aliphatic heterocycles. The van der Waals surface area contributed by atoms with Gasteiger partial charge >= 0.3 is 0 Å². The van der Waals surface area contributed by atoms with E-state index in [1.165, 1.54) is 18.5 Å². The normalized spacial score (nSPS) is 28.2. The number of nitrogens with one attached hydrogen (secondary N) is 1. The molecule has 0 bridgehead atoms. The lowest BCUT2D eigenvalue weighted by molar-refractivity contribution is -0.140. The third-order valence-electron chi connectivity index (χ3n) is 6.21. The monoisotopic (exact) mass is 333 g/mol. The van der Waals surface area contributed by atoms with Crippen molar-refractivity contribution in [2.75, 3.05) is 26.4 Å². The first kappa shape index (κ1) is 16.6. The van der Waals surface area contributed by atoms with Crippen molar-refractivity contribution >= 4 is 0 Å². The van der Waals surface area contributed by atoms with Crippen molar-refractivity contribution in [3.05, 3.63) is 17.5 Å². The van der Waals surface area contributed by atoms with Crippen LogP contribution in [0.4, 0.5) is 0 Å². The van der Waals surface area contributed by atoms with E-state index < -0.39 is 0 Å². The Hall–Kier alpha value is -0.910. The summed E-state index contributed by atoms with van der Waals surface area (Å²) in [7, 11) is 0. The molecule has 0 unspecified atom stereocenters. The topological polar surface area (TPSA) is 48.3 Å². The molecule has 24 heavy (non-hydrogen) atoms. The molecule has 1 atom stereocenters. The van der Waals surface area contributed by atoms with Crippen LogP contribution in [0, 0.1) is 19.3 Å². The molecule has 3 fully saturated rings. The minimum absolute atomic E-state index is 0.0839. The third-order valence-corrected chi connectivity index (χ3v) is 6.21. The van der Waals surface area contributed by atoms with E-state index in [2.05, 4.69) is 35.0 Å². The summed E-state index contributed by atoms with van der Waals surface area (Å²) in [6.45, 7) is 9.02.